The summed E-state index contributed by atoms with van der Waals surface area (Å²) in [6, 6.07) is 0. The highest BCUT2D eigenvalue weighted by molar-refractivity contribution is 5.21. The van der Waals surface area contributed by atoms with Crippen LogP contribution in [0.5, 0.6) is 0 Å². The summed E-state index contributed by atoms with van der Waals surface area (Å²) in [6.45, 7) is 6.63. The van der Waals surface area contributed by atoms with Crippen LogP contribution in [0.2, 0.25) is 0 Å². The molecule has 0 spiro atoms. The Morgan fingerprint density at radius 2 is 1.87 bits per heavy atom. The van der Waals surface area contributed by atoms with E-state index in [-0.39, 0.29) is 11.5 Å². The molecule has 0 saturated heterocycles. The molecule has 2 N–H and O–H groups in total. The van der Waals surface area contributed by atoms with Gasteiger partial charge in [-0.15, -0.1) is 0 Å². The molecule has 0 aliphatic rings. The molecule has 15 heavy (non-hydrogen) atoms. The van der Waals surface area contributed by atoms with Crippen LogP contribution in [-0.2, 0) is 0 Å². The second-order valence-corrected chi connectivity index (χ2v) is 3.91. The van der Waals surface area contributed by atoms with Crippen LogP contribution in [0.15, 0.2) is 23.4 Å². The van der Waals surface area contributed by atoms with Gasteiger partial charge >= 0.3 is 0 Å². The molecule has 1 unspecified atom stereocenters. The van der Waals surface area contributed by atoms with Gasteiger partial charge in [0, 0.05) is 12.6 Å². The van der Waals surface area contributed by atoms with E-state index in [1.165, 1.54) is 6.08 Å². The monoisotopic (exact) mass is 217 g/mol. The molecule has 0 bridgehead atoms. The second kappa shape index (κ2) is 5.89. The normalized spacial score (nSPS) is 16.7. The van der Waals surface area contributed by atoms with E-state index in [2.05, 4.69) is 0 Å². The maximum absolute atomic E-state index is 13.0. The molecule has 0 heterocycles. The van der Waals surface area contributed by atoms with Crippen LogP contribution in [-0.4, -0.2) is 5.92 Å². The van der Waals surface area contributed by atoms with Gasteiger partial charge in [0.2, 0.25) is 0 Å². The van der Waals surface area contributed by atoms with E-state index in [0.717, 1.165) is 13.3 Å². The molecule has 1 atom stereocenters. The zero-order valence-electron chi connectivity index (χ0n) is 9.98. The van der Waals surface area contributed by atoms with E-state index in [9.17, 15) is 8.78 Å². The molecule has 0 saturated carbocycles. The lowest BCUT2D eigenvalue weighted by molar-refractivity contribution is 0.0603. The van der Waals surface area contributed by atoms with E-state index >= 15 is 0 Å². The minimum atomic E-state index is -2.75. The summed E-state index contributed by atoms with van der Waals surface area (Å²) < 4.78 is 26.0. The van der Waals surface area contributed by atoms with Crippen LogP contribution in [0.1, 0.15) is 40.5 Å². The predicted molar refractivity (Wildman–Crippen MR) is 60.7 cm³/mol. The van der Waals surface area contributed by atoms with E-state index in [0.29, 0.717) is 12.1 Å². The summed E-state index contributed by atoms with van der Waals surface area (Å²) in [5, 5.41) is 0. The summed E-state index contributed by atoms with van der Waals surface area (Å²) in [5.41, 5.74) is 6.52. The van der Waals surface area contributed by atoms with Gasteiger partial charge in [0.05, 0.1) is 0 Å². The van der Waals surface area contributed by atoms with Crippen LogP contribution < -0.4 is 5.73 Å². The van der Waals surface area contributed by atoms with Gasteiger partial charge in [0.25, 0.3) is 5.92 Å². The number of rotatable bonds is 5. The van der Waals surface area contributed by atoms with Crippen LogP contribution in [0.3, 0.4) is 0 Å². The Morgan fingerprint density at radius 3 is 2.20 bits per heavy atom. The lowest BCUT2D eigenvalue weighted by atomic mass is 10.0. The molecule has 0 aliphatic carbocycles. The topological polar surface area (TPSA) is 26.0 Å². The third-order valence-electron chi connectivity index (χ3n) is 2.60. The maximum atomic E-state index is 13.0. The average Bonchev–Trinajstić information content (AvgIpc) is 2.15. The Bertz CT molecular complexity index is 249. The van der Waals surface area contributed by atoms with Gasteiger partial charge in [-0.25, -0.2) is 8.78 Å². The number of hydrogen-bond acceptors (Lipinski definition) is 1. The Balaban J connectivity index is 4.74. The van der Waals surface area contributed by atoms with Crippen LogP contribution in [0.4, 0.5) is 8.78 Å². The predicted octanol–water partition coefficient (Wildman–Crippen LogP) is 3.87. The van der Waals surface area contributed by atoms with Crippen molar-refractivity contribution in [1.82, 2.24) is 0 Å². The van der Waals surface area contributed by atoms with E-state index in [1.54, 1.807) is 13.0 Å². The van der Waals surface area contributed by atoms with Crippen molar-refractivity contribution in [2.24, 2.45) is 11.7 Å². The molecule has 0 aromatic carbocycles. The van der Waals surface area contributed by atoms with Gasteiger partial charge in [-0.1, -0.05) is 26.8 Å². The molecule has 0 radical (unpaired) electrons. The Labute approximate surface area is 91.0 Å². The van der Waals surface area contributed by atoms with Crippen molar-refractivity contribution in [1.29, 1.82) is 0 Å². The van der Waals surface area contributed by atoms with Gasteiger partial charge in [-0.3, -0.25) is 0 Å². The highest BCUT2D eigenvalue weighted by Gasteiger charge is 2.25. The first-order valence-electron chi connectivity index (χ1n) is 5.37. The van der Waals surface area contributed by atoms with Gasteiger partial charge < -0.3 is 5.73 Å². The number of nitrogens with two attached hydrogens (primary N) is 1. The molecular weight excluding hydrogens is 196 g/mol. The van der Waals surface area contributed by atoms with Crippen molar-refractivity contribution in [3.8, 4) is 0 Å². The van der Waals surface area contributed by atoms with Crippen molar-refractivity contribution in [2.75, 3.05) is 0 Å². The number of halogens is 2. The summed E-state index contributed by atoms with van der Waals surface area (Å²) >= 11 is 0. The maximum Gasteiger partial charge on any atom is 0.266 e. The SMILES string of the molecule is CC/C(=C\C=C(\N)C(C)CC)C(C)(F)F. The van der Waals surface area contributed by atoms with Gasteiger partial charge in [-0.2, -0.15) is 0 Å². The number of allylic oxidation sites excluding steroid dienone is 4. The molecule has 3 heteroatoms. The summed E-state index contributed by atoms with van der Waals surface area (Å²) in [5.74, 6) is -2.51. The fourth-order valence-corrected chi connectivity index (χ4v) is 1.17. The van der Waals surface area contributed by atoms with Gasteiger partial charge in [0.1, 0.15) is 0 Å². The van der Waals surface area contributed by atoms with Gasteiger partial charge in [-0.05, 0) is 30.4 Å². The highest BCUT2D eigenvalue weighted by atomic mass is 19.3. The fourth-order valence-electron chi connectivity index (χ4n) is 1.17. The zero-order valence-corrected chi connectivity index (χ0v) is 9.98. The fraction of sp³-hybridized carbons (Fsp3) is 0.667. The van der Waals surface area contributed by atoms with Crippen molar-refractivity contribution in [2.45, 2.75) is 46.5 Å². The minimum absolute atomic E-state index is 0.119. The van der Waals surface area contributed by atoms with E-state index in [4.69, 9.17) is 5.73 Å². The molecule has 1 nitrogen and oxygen atoms in total. The average molecular weight is 217 g/mol. The van der Waals surface area contributed by atoms with Crippen LogP contribution in [0, 0.1) is 5.92 Å². The smallest absolute Gasteiger partial charge is 0.266 e. The Hall–Kier alpha value is -0.860. The molecule has 0 aromatic heterocycles. The molecule has 0 fully saturated rings. The first-order chi connectivity index (χ1) is 6.82. The zero-order chi connectivity index (χ0) is 12.1. The molecule has 88 valence electrons. The largest absolute Gasteiger partial charge is 0.402 e. The number of alkyl halides is 2. The summed E-state index contributed by atoms with van der Waals surface area (Å²) in [7, 11) is 0. The second-order valence-electron chi connectivity index (χ2n) is 3.91. The van der Waals surface area contributed by atoms with Gasteiger partial charge in [0.15, 0.2) is 0 Å². The summed E-state index contributed by atoms with van der Waals surface area (Å²) in [6.07, 6.45) is 4.31. The Kier molecular flexibility index (Phi) is 5.55. The highest BCUT2D eigenvalue weighted by Crippen LogP contribution is 2.25. The van der Waals surface area contributed by atoms with Crippen molar-refractivity contribution in [3.63, 3.8) is 0 Å². The Morgan fingerprint density at radius 1 is 1.33 bits per heavy atom. The summed E-state index contributed by atoms with van der Waals surface area (Å²) in [4.78, 5) is 0. The molecular formula is C12H21F2N. The van der Waals surface area contributed by atoms with Crippen LogP contribution in [0.25, 0.3) is 0 Å². The lowest BCUT2D eigenvalue weighted by Gasteiger charge is -2.13. The van der Waals surface area contributed by atoms with Crippen LogP contribution >= 0.6 is 0 Å². The molecule has 0 aliphatic heterocycles. The first-order valence-corrected chi connectivity index (χ1v) is 5.37. The third-order valence-corrected chi connectivity index (χ3v) is 2.60. The lowest BCUT2D eigenvalue weighted by Crippen LogP contribution is -2.13. The minimum Gasteiger partial charge on any atom is -0.402 e. The third kappa shape index (κ3) is 4.96. The van der Waals surface area contributed by atoms with Crippen molar-refractivity contribution in [3.05, 3.63) is 23.4 Å². The van der Waals surface area contributed by atoms with Crippen molar-refractivity contribution < 1.29 is 8.78 Å². The van der Waals surface area contributed by atoms with Crippen molar-refractivity contribution >= 4 is 0 Å². The quantitative estimate of drug-likeness (QED) is 0.695. The molecule has 0 aromatic rings. The first kappa shape index (κ1) is 14.1. The van der Waals surface area contributed by atoms with E-state index in [1.807, 2.05) is 13.8 Å². The molecule has 0 rings (SSSR count). The number of hydrogen-bond donors (Lipinski definition) is 1. The van der Waals surface area contributed by atoms with E-state index < -0.39 is 5.92 Å². The standard InChI is InChI=1S/C12H21F2N/c1-5-9(3)11(15)8-7-10(6-2)12(4,13)14/h7-9H,5-6,15H2,1-4H3/b10-7+,11-8+. The molecule has 0 amide bonds.